The molecule has 29 heavy (non-hydrogen) atoms. The largest absolute Gasteiger partial charge is 0.385 e. The highest BCUT2D eigenvalue weighted by Crippen LogP contribution is 2.25. The van der Waals surface area contributed by atoms with Crippen LogP contribution in [-0.2, 0) is 10.0 Å². The van der Waals surface area contributed by atoms with Gasteiger partial charge in [0.2, 0.25) is 0 Å². The molecular formula is C20H26N3O5S+. The van der Waals surface area contributed by atoms with Crippen LogP contribution in [0.3, 0.4) is 0 Å². The Balaban J connectivity index is 1.85. The van der Waals surface area contributed by atoms with Crippen LogP contribution in [0.4, 0.5) is 11.4 Å². The molecule has 156 valence electrons. The molecule has 0 amide bonds. The minimum Gasteiger partial charge on any atom is -0.385 e. The van der Waals surface area contributed by atoms with Crippen molar-refractivity contribution in [2.75, 3.05) is 30.5 Å². The summed E-state index contributed by atoms with van der Waals surface area (Å²) in [6, 6.07) is 13.4. The van der Waals surface area contributed by atoms with Crippen molar-refractivity contribution >= 4 is 21.4 Å². The van der Waals surface area contributed by atoms with Gasteiger partial charge in [0.05, 0.1) is 35.1 Å². The summed E-state index contributed by atoms with van der Waals surface area (Å²) in [5.41, 5.74) is 0.266. The maximum absolute atomic E-state index is 13.3. The molecular weight excluding hydrogens is 394 g/mol. The SMILES string of the molecule is O=[N+]([O-])c1ccc(S(=O)(=O)N(C[C@H](O)C[NH+]2CCCCC2)c2ccccc2)cc1. The Kier molecular flexibility index (Phi) is 6.83. The summed E-state index contributed by atoms with van der Waals surface area (Å²) in [6.45, 7) is 2.38. The second-order valence-electron chi connectivity index (χ2n) is 7.29. The molecule has 1 aliphatic rings. The summed E-state index contributed by atoms with van der Waals surface area (Å²) >= 11 is 0. The quantitative estimate of drug-likeness (QED) is 0.494. The normalized spacial score (nSPS) is 16.3. The van der Waals surface area contributed by atoms with E-state index in [1.165, 1.54) is 39.9 Å². The summed E-state index contributed by atoms with van der Waals surface area (Å²) in [7, 11) is -3.99. The molecule has 2 N–H and O–H groups in total. The molecule has 2 aromatic carbocycles. The van der Waals surface area contributed by atoms with Crippen LogP contribution in [0.25, 0.3) is 0 Å². The fraction of sp³-hybridized carbons (Fsp3) is 0.400. The Morgan fingerprint density at radius 1 is 1.03 bits per heavy atom. The Morgan fingerprint density at radius 3 is 2.24 bits per heavy atom. The van der Waals surface area contributed by atoms with Crippen LogP contribution in [0.15, 0.2) is 59.5 Å². The topological polar surface area (TPSA) is 105 Å². The Labute approximate surface area is 170 Å². The smallest absolute Gasteiger partial charge is 0.269 e. The van der Waals surface area contributed by atoms with E-state index in [1.54, 1.807) is 30.3 Å². The van der Waals surface area contributed by atoms with Crippen molar-refractivity contribution in [3.63, 3.8) is 0 Å². The second kappa shape index (κ2) is 9.34. The number of aliphatic hydroxyl groups is 1. The molecule has 1 fully saturated rings. The van der Waals surface area contributed by atoms with Crippen LogP contribution in [0.5, 0.6) is 0 Å². The maximum Gasteiger partial charge on any atom is 0.269 e. The molecule has 0 spiro atoms. The average molecular weight is 421 g/mol. The summed E-state index contributed by atoms with van der Waals surface area (Å²) < 4.78 is 27.7. The first-order chi connectivity index (χ1) is 13.9. The van der Waals surface area contributed by atoms with Crippen molar-refractivity contribution in [2.45, 2.75) is 30.3 Å². The van der Waals surface area contributed by atoms with Crippen LogP contribution < -0.4 is 9.21 Å². The number of sulfonamides is 1. The molecule has 1 aliphatic heterocycles. The van der Waals surface area contributed by atoms with Crippen molar-refractivity contribution < 1.29 is 23.3 Å². The zero-order valence-electron chi connectivity index (χ0n) is 16.1. The van der Waals surface area contributed by atoms with E-state index in [4.69, 9.17) is 0 Å². The number of hydrogen-bond acceptors (Lipinski definition) is 5. The van der Waals surface area contributed by atoms with Crippen molar-refractivity contribution in [2.24, 2.45) is 0 Å². The minimum atomic E-state index is -3.99. The number of aliphatic hydroxyl groups excluding tert-OH is 1. The molecule has 0 aromatic heterocycles. The van der Waals surface area contributed by atoms with E-state index in [2.05, 4.69) is 0 Å². The van der Waals surface area contributed by atoms with Gasteiger partial charge in [0.1, 0.15) is 12.6 Å². The molecule has 2 aromatic rings. The number of nitrogens with zero attached hydrogens (tertiary/aromatic N) is 2. The lowest BCUT2D eigenvalue weighted by Gasteiger charge is -2.30. The van der Waals surface area contributed by atoms with E-state index in [0.717, 1.165) is 25.9 Å². The van der Waals surface area contributed by atoms with E-state index in [-0.39, 0.29) is 17.1 Å². The monoisotopic (exact) mass is 420 g/mol. The summed E-state index contributed by atoms with van der Waals surface area (Å²) in [5.74, 6) is 0. The molecule has 1 saturated heterocycles. The number of nitro groups is 1. The standard InChI is InChI=1S/C20H25N3O5S/c24-19(15-21-13-5-2-6-14-21)16-22(17-7-3-1-4-8-17)29(27,28)20-11-9-18(10-12-20)23(25)26/h1,3-4,7-12,19,24H,2,5-6,13-16H2/p+1/t19-/m1/s1. The highest BCUT2D eigenvalue weighted by Gasteiger charge is 2.29. The van der Waals surface area contributed by atoms with Crippen molar-refractivity contribution in [3.8, 4) is 0 Å². The van der Waals surface area contributed by atoms with Gasteiger partial charge >= 0.3 is 0 Å². The lowest BCUT2D eigenvalue weighted by Crippen LogP contribution is -3.14. The molecule has 0 bridgehead atoms. The van der Waals surface area contributed by atoms with Crippen LogP contribution in [-0.4, -0.2) is 50.7 Å². The fourth-order valence-corrected chi connectivity index (χ4v) is 5.15. The summed E-state index contributed by atoms with van der Waals surface area (Å²) in [4.78, 5) is 11.5. The van der Waals surface area contributed by atoms with Crippen LogP contribution in [0.1, 0.15) is 19.3 Å². The number of nitro benzene ring substituents is 1. The number of likely N-dealkylation sites (tertiary alicyclic amines) is 1. The van der Waals surface area contributed by atoms with Crippen LogP contribution >= 0.6 is 0 Å². The average Bonchev–Trinajstić information content (AvgIpc) is 2.73. The fourth-order valence-electron chi connectivity index (χ4n) is 3.65. The Hall–Kier alpha value is -2.49. The van der Waals surface area contributed by atoms with Gasteiger partial charge in [-0.3, -0.25) is 14.4 Å². The van der Waals surface area contributed by atoms with Crippen LogP contribution in [0.2, 0.25) is 0 Å². The molecule has 9 heteroatoms. The van der Waals surface area contributed by atoms with Gasteiger partial charge in [-0.1, -0.05) is 18.2 Å². The number of quaternary nitrogens is 1. The van der Waals surface area contributed by atoms with Crippen molar-refractivity contribution in [3.05, 3.63) is 64.7 Å². The van der Waals surface area contributed by atoms with Gasteiger partial charge < -0.3 is 10.0 Å². The highest BCUT2D eigenvalue weighted by molar-refractivity contribution is 7.92. The Morgan fingerprint density at radius 2 is 1.66 bits per heavy atom. The number of non-ortho nitro benzene ring substituents is 1. The molecule has 0 unspecified atom stereocenters. The first kappa shape index (κ1) is 21.2. The third kappa shape index (κ3) is 5.31. The van der Waals surface area contributed by atoms with Crippen molar-refractivity contribution in [1.82, 2.24) is 0 Å². The lowest BCUT2D eigenvalue weighted by molar-refractivity contribution is -0.907. The molecule has 1 heterocycles. The molecule has 1 atom stereocenters. The number of piperidine rings is 1. The highest BCUT2D eigenvalue weighted by atomic mass is 32.2. The molecule has 8 nitrogen and oxygen atoms in total. The zero-order chi connectivity index (χ0) is 20.9. The van der Waals surface area contributed by atoms with E-state index in [0.29, 0.717) is 12.2 Å². The van der Waals surface area contributed by atoms with E-state index >= 15 is 0 Å². The molecule has 0 saturated carbocycles. The summed E-state index contributed by atoms with van der Waals surface area (Å²) in [6.07, 6.45) is 2.61. The minimum absolute atomic E-state index is 0.0514. The Bertz CT molecular complexity index is 913. The molecule has 0 radical (unpaired) electrons. The maximum atomic E-state index is 13.3. The number of hydrogen-bond donors (Lipinski definition) is 2. The van der Waals surface area contributed by atoms with Gasteiger partial charge in [0.15, 0.2) is 0 Å². The first-order valence-electron chi connectivity index (χ1n) is 9.72. The molecule has 0 aliphatic carbocycles. The van der Waals surface area contributed by atoms with Gasteiger partial charge in [-0.05, 0) is 43.5 Å². The van der Waals surface area contributed by atoms with Gasteiger partial charge in [0, 0.05) is 12.1 Å². The third-order valence-electron chi connectivity index (χ3n) is 5.14. The van der Waals surface area contributed by atoms with E-state index in [9.17, 15) is 23.6 Å². The number of nitrogens with one attached hydrogen (secondary N) is 1. The van der Waals surface area contributed by atoms with Crippen molar-refractivity contribution in [1.29, 1.82) is 0 Å². The van der Waals surface area contributed by atoms with E-state index < -0.39 is 21.1 Å². The van der Waals surface area contributed by atoms with E-state index in [1.807, 2.05) is 0 Å². The number of para-hydroxylation sites is 1. The number of anilines is 1. The van der Waals surface area contributed by atoms with Gasteiger partial charge in [-0.25, -0.2) is 8.42 Å². The van der Waals surface area contributed by atoms with Gasteiger partial charge in [-0.2, -0.15) is 0 Å². The second-order valence-corrected chi connectivity index (χ2v) is 9.15. The summed E-state index contributed by atoms with van der Waals surface area (Å²) in [5, 5.41) is 21.5. The predicted octanol–water partition coefficient (Wildman–Crippen LogP) is 1.22. The zero-order valence-corrected chi connectivity index (χ0v) is 16.9. The van der Waals surface area contributed by atoms with Gasteiger partial charge in [-0.15, -0.1) is 0 Å². The van der Waals surface area contributed by atoms with Crippen LogP contribution in [0, 0.1) is 10.1 Å². The van der Waals surface area contributed by atoms with Gasteiger partial charge in [0.25, 0.3) is 15.7 Å². The number of benzene rings is 2. The lowest BCUT2D eigenvalue weighted by atomic mass is 10.1. The number of rotatable bonds is 8. The predicted molar refractivity (Wildman–Crippen MR) is 109 cm³/mol. The third-order valence-corrected chi connectivity index (χ3v) is 6.95. The molecule has 3 rings (SSSR count). The first-order valence-corrected chi connectivity index (χ1v) is 11.2.